The van der Waals surface area contributed by atoms with Gasteiger partial charge in [0.1, 0.15) is 15.2 Å². The Bertz CT molecular complexity index is 881. The molecule has 1 unspecified atom stereocenters. The fraction of sp³-hybridized carbons (Fsp3) is 0.133. The highest BCUT2D eigenvalue weighted by molar-refractivity contribution is 8.00. The first-order valence-electron chi connectivity index (χ1n) is 6.56. The van der Waals surface area contributed by atoms with Crippen LogP contribution < -0.4 is 0 Å². The Labute approximate surface area is 150 Å². The van der Waals surface area contributed by atoms with Gasteiger partial charge in [-0.25, -0.2) is 9.97 Å². The van der Waals surface area contributed by atoms with Gasteiger partial charge >= 0.3 is 5.97 Å². The van der Waals surface area contributed by atoms with E-state index in [0.29, 0.717) is 15.3 Å². The minimum atomic E-state index is -0.914. The van der Waals surface area contributed by atoms with Crippen molar-refractivity contribution in [1.29, 1.82) is 0 Å². The number of carboxylic acid groups (broad SMARTS) is 1. The molecule has 1 aromatic carbocycles. The number of carbonyl (C=O) groups is 1. The highest BCUT2D eigenvalue weighted by atomic mass is 35.5. The number of thiophene rings is 1. The predicted molar refractivity (Wildman–Crippen MR) is 95.8 cm³/mol. The zero-order valence-electron chi connectivity index (χ0n) is 11.8. The molecule has 0 fully saturated rings. The van der Waals surface area contributed by atoms with Gasteiger partial charge in [-0.2, -0.15) is 0 Å². The number of nitrogens with zero attached hydrogens (tertiary/aromatic N) is 2. The van der Waals surface area contributed by atoms with Gasteiger partial charge in [0.05, 0.1) is 5.39 Å². The third-order valence-corrected chi connectivity index (χ3v) is 5.50. The number of thioether (sulfide) groups is 1. The van der Waals surface area contributed by atoms with Crippen molar-refractivity contribution in [2.45, 2.75) is 17.3 Å². The molecule has 23 heavy (non-hydrogen) atoms. The van der Waals surface area contributed by atoms with Crippen LogP contribution in [0.5, 0.6) is 0 Å². The number of carboxylic acids is 1. The molecule has 0 aliphatic heterocycles. The van der Waals surface area contributed by atoms with Crippen LogP contribution in [-0.4, -0.2) is 26.3 Å². The number of fused-ring (bicyclic) bond motifs is 1. The summed E-state index contributed by atoms with van der Waals surface area (Å²) in [5.74, 6) is -0.914. The summed E-state index contributed by atoms with van der Waals surface area (Å²) < 4.78 is 0. The standard InChI is InChI=1S/C15H10Cl2N2O2S2/c1-7(14(20)21)23-15-18-12(17)11-10(6-22-13(11)19-15)8-2-4-9(16)5-3-8/h2-7H,1H3,(H,20,21). The summed E-state index contributed by atoms with van der Waals surface area (Å²) in [6, 6.07) is 7.45. The summed E-state index contributed by atoms with van der Waals surface area (Å²) in [5, 5.41) is 12.4. The van der Waals surface area contributed by atoms with E-state index >= 15 is 0 Å². The van der Waals surface area contributed by atoms with Gasteiger partial charge in [-0.1, -0.05) is 47.1 Å². The lowest BCUT2D eigenvalue weighted by Crippen LogP contribution is -2.11. The van der Waals surface area contributed by atoms with E-state index < -0.39 is 11.2 Å². The van der Waals surface area contributed by atoms with Gasteiger partial charge in [-0.05, 0) is 24.6 Å². The number of halogens is 2. The Morgan fingerprint density at radius 2 is 1.96 bits per heavy atom. The number of rotatable bonds is 4. The Morgan fingerprint density at radius 1 is 1.26 bits per heavy atom. The molecule has 0 amide bonds. The van der Waals surface area contributed by atoms with Crippen LogP contribution in [0.4, 0.5) is 0 Å². The van der Waals surface area contributed by atoms with Crippen molar-refractivity contribution >= 4 is 62.5 Å². The Balaban J connectivity index is 2.04. The predicted octanol–water partition coefficient (Wildman–Crippen LogP) is 5.23. The van der Waals surface area contributed by atoms with Gasteiger partial charge in [0, 0.05) is 16.0 Å². The average Bonchev–Trinajstić information content (AvgIpc) is 2.92. The van der Waals surface area contributed by atoms with Crippen molar-refractivity contribution in [3.05, 3.63) is 39.8 Å². The van der Waals surface area contributed by atoms with E-state index in [4.69, 9.17) is 28.3 Å². The van der Waals surface area contributed by atoms with E-state index in [0.717, 1.165) is 33.1 Å². The van der Waals surface area contributed by atoms with Gasteiger partial charge in [0.15, 0.2) is 5.16 Å². The summed E-state index contributed by atoms with van der Waals surface area (Å²) in [6.07, 6.45) is 0. The topological polar surface area (TPSA) is 63.1 Å². The molecular weight excluding hydrogens is 375 g/mol. The SMILES string of the molecule is CC(Sc1nc(Cl)c2c(-c3ccc(Cl)cc3)csc2n1)C(=O)O. The lowest BCUT2D eigenvalue weighted by Gasteiger charge is -2.06. The summed E-state index contributed by atoms with van der Waals surface area (Å²) in [6.45, 7) is 1.59. The molecule has 2 heterocycles. The highest BCUT2D eigenvalue weighted by Crippen LogP contribution is 2.38. The molecule has 0 bridgehead atoms. The van der Waals surface area contributed by atoms with Gasteiger partial charge in [-0.15, -0.1) is 11.3 Å². The first kappa shape index (κ1) is 16.5. The Morgan fingerprint density at radius 3 is 2.61 bits per heavy atom. The molecule has 1 N–H and O–H groups in total. The fourth-order valence-corrected chi connectivity index (χ4v) is 4.20. The Kier molecular flexibility index (Phi) is 4.77. The number of benzene rings is 1. The van der Waals surface area contributed by atoms with Gasteiger partial charge < -0.3 is 5.11 Å². The molecule has 0 saturated carbocycles. The van der Waals surface area contributed by atoms with Gasteiger partial charge in [0.2, 0.25) is 0 Å². The van der Waals surface area contributed by atoms with E-state index in [2.05, 4.69) is 9.97 Å². The van der Waals surface area contributed by atoms with Crippen LogP contribution in [0.1, 0.15) is 6.92 Å². The molecule has 3 rings (SSSR count). The fourth-order valence-electron chi connectivity index (χ4n) is 1.98. The van der Waals surface area contributed by atoms with Crippen LogP contribution in [0, 0.1) is 0 Å². The minimum Gasteiger partial charge on any atom is -0.480 e. The van der Waals surface area contributed by atoms with Crippen LogP contribution in [0.3, 0.4) is 0 Å². The van der Waals surface area contributed by atoms with E-state index in [1.54, 1.807) is 6.92 Å². The lowest BCUT2D eigenvalue weighted by atomic mass is 10.1. The molecule has 8 heteroatoms. The van der Waals surface area contributed by atoms with Crippen molar-refractivity contribution in [3.8, 4) is 11.1 Å². The monoisotopic (exact) mass is 384 g/mol. The second kappa shape index (κ2) is 6.65. The summed E-state index contributed by atoms with van der Waals surface area (Å²) in [5.41, 5.74) is 1.92. The summed E-state index contributed by atoms with van der Waals surface area (Å²) in [7, 11) is 0. The molecule has 0 radical (unpaired) electrons. The number of aromatic nitrogens is 2. The largest absolute Gasteiger partial charge is 0.480 e. The van der Waals surface area contributed by atoms with Crippen LogP contribution >= 0.6 is 46.3 Å². The quantitative estimate of drug-likeness (QED) is 0.379. The molecule has 1 atom stereocenters. The third-order valence-electron chi connectivity index (χ3n) is 3.15. The van der Waals surface area contributed by atoms with Crippen molar-refractivity contribution in [2.24, 2.45) is 0 Å². The van der Waals surface area contributed by atoms with Crippen LogP contribution in [-0.2, 0) is 4.79 Å². The molecule has 3 aromatic rings. The van der Waals surface area contributed by atoms with Crippen molar-refractivity contribution in [3.63, 3.8) is 0 Å². The second-order valence-electron chi connectivity index (χ2n) is 4.73. The normalized spacial score (nSPS) is 12.5. The number of hydrogen-bond acceptors (Lipinski definition) is 5. The molecule has 0 spiro atoms. The maximum Gasteiger partial charge on any atom is 0.316 e. The zero-order valence-corrected chi connectivity index (χ0v) is 14.9. The molecular formula is C15H10Cl2N2O2S2. The van der Waals surface area contributed by atoms with Crippen LogP contribution in [0.2, 0.25) is 10.2 Å². The highest BCUT2D eigenvalue weighted by Gasteiger charge is 2.18. The van der Waals surface area contributed by atoms with Crippen LogP contribution in [0.15, 0.2) is 34.8 Å². The lowest BCUT2D eigenvalue weighted by molar-refractivity contribution is -0.136. The first-order chi connectivity index (χ1) is 11.0. The second-order valence-corrected chi connectivity index (χ2v) is 7.69. The molecule has 0 saturated heterocycles. The number of aliphatic carboxylic acids is 1. The molecule has 4 nitrogen and oxygen atoms in total. The smallest absolute Gasteiger partial charge is 0.316 e. The summed E-state index contributed by atoms with van der Waals surface area (Å²) >= 11 is 14.8. The van der Waals surface area contributed by atoms with Crippen molar-refractivity contribution < 1.29 is 9.90 Å². The maximum atomic E-state index is 11.0. The van der Waals surface area contributed by atoms with Crippen molar-refractivity contribution in [2.75, 3.05) is 0 Å². The van der Waals surface area contributed by atoms with E-state index in [1.807, 2.05) is 29.6 Å². The number of hydrogen-bond donors (Lipinski definition) is 1. The molecule has 0 aliphatic rings. The summed E-state index contributed by atoms with van der Waals surface area (Å²) in [4.78, 5) is 20.3. The van der Waals surface area contributed by atoms with E-state index in [9.17, 15) is 4.79 Å². The van der Waals surface area contributed by atoms with E-state index in [1.165, 1.54) is 11.3 Å². The molecule has 118 valence electrons. The average molecular weight is 385 g/mol. The van der Waals surface area contributed by atoms with Crippen LogP contribution in [0.25, 0.3) is 21.3 Å². The van der Waals surface area contributed by atoms with Crippen molar-refractivity contribution in [1.82, 2.24) is 9.97 Å². The minimum absolute atomic E-state index is 0.321. The van der Waals surface area contributed by atoms with Gasteiger partial charge in [0.25, 0.3) is 0 Å². The molecule has 2 aromatic heterocycles. The third kappa shape index (κ3) is 3.45. The van der Waals surface area contributed by atoms with Gasteiger partial charge in [-0.3, -0.25) is 4.79 Å². The van der Waals surface area contributed by atoms with E-state index in [-0.39, 0.29) is 0 Å². The maximum absolute atomic E-state index is 11.0. The zero-order chi connectivity index (χ0) is 16.6. The Hall–Kier alpha value is -1.34. The first-order valence-corrected chi connectivity index (χ1v) is 9.07. The molecule has 0 aliphatic carbocycles.